The van der Waals surface area contributed by atoms with Gasteiger partial charge < -0.3 is 5.11 Å². The van der Waals surface area contributed by atoms with Crippen LogP contribution in [0.15, 0.2) is 48.5 Å². The molecule has 0 aliphatic heterocycles. The Morgan fingerprint density at radius 2 is 1.52 bits per heavy atom. The van der Waals surface area contributed by atoms with Crippen LogP contribution in [-0.2, 0) is 5.41 Å². The van der Waals surface area contributed by atoms with Crippen molar-refractivity contribution in [1.29, 1.82) is 0 Å². The fourth-order valence-corrected chi connectivity index (χ4v) is 3.34. The summed E-state index contributed by atoms with van der Waals surface area (Å²) >= 11 is 0. The molecule has 1 nitrogen and oxygen atoms in total. The molecule has 0 heterocycles. The molecule has 1 unspecified atom stereocenters. The van der Waals surface area contributed by atoms with Crippen molar-refractivity contribution in [1.82, 2.24) is 0 Å². The Labute approximate surface area is 128 Å². The van der Waals surface area contributed by atoms with Crippen molar-refractivity contribution in [3.05, 3.63) is 70.8 Å². The fraction of sp³-hybridized carbons (Fsp3) is 0.400. The fourth-order valence-electron chi connectivity index (χ4n) is 3.34. The molecule has 0 fully saturated rings. The lowest BCUT2D eigenvalue weighted by Crippen LogP contribution is -2.33. The maximum absolute atomic E-state index is 11.2. The van der Waals surface area contributed by atoms with E-state index in [1.54, 1.807) is 0 Å². The molecule has 0 saturated heterocycles. The Hall–Kier alpha value is -1.60. The van der Waals surface area contributed by atoms with Crippen LogP contribution >= 0.6 is 0 Å². The van der Waals surface area contributed by atoms with Crippen LogP contribution in [0.1, 0.15) is 55.0 Å². The first-order valence-electron chi connectivity index (χ1n) is 7.86. The molecule has 112 valence electrons. The minimum atomic E-state index is -0.477. The highest BCUT2D eigenvalue weighted by atomic mass is 16.3. The molecular formula is C20H26O. The van der Waals surface area contributed by atoms with E-state index in [1.165, 1.54) is 16.7 Å². The van der Waals surface area contributed by atoms with Crippen LogP contribution in [0.5, 0.6) is 0 Å². The average Bonchev–Trinajstić information content (AvgIpc) is 2.53. The molecule has 0 bridgehead atoms. The first-order valence-corrected chi connectivity index (χ1v) is 7.86. The lowest BCUT2D eigenvalue weighted by molar-refractivity contribution is 0.0721. The molecule has 1 heteroatoms. The van der Waals surface area contributed by atoms with E-state index >= 15 is 0 Å². The normalized spacial score (nSPS) is 13.2. The number of benzene rings is 2. The molecule has 0 aromatic heterocycles. The molecule has 21 heavy (non-hydrogen) atoms. The summed E-state index contributed by atoms with van der Waals surface area (Å²) in [5, 5.41) is 11.2. The Morgan fingerprint density at radius 3 is 2.10 bits per heavy atom. The van der Waals surface area contributed by atoms with Gasteiger partial charge in [0.25, 0.3) is 0 Å². The largest absolute Gasteiger partial charge is 0.387 e. The van der Waals surface area contributed by atoms with Crippen LogP contribution < -0.4 is 0 Å². The molecule has 0 aliphatic rings. The van der Waals surface area contributed by atoms with Crippen molar-refractivity contribution in [2.75, 3.05) is 0 Å². The van der Waals surface area contributed by atoms with Gasteiger partial charge in [0, 0.05) is 5.41 Å². The highest BCUT2D eigenvalue weighted by molar-refractivity contribution is 5.39. The maximum atomic E-state index is 11.2. The third-order valence-corrected chi connectivity index (χ3v) is 5.08. The summed E-state index contributed by atoms with van der Waals surface area (Å²) in [7, 11) is 0. The van der Waals surface area contributed by atoms with Gasteiger partial charge in [-0.25, -0.2) is 0 Å². The molecular weight excluding hydrogens is 256 g/mol. The Kier molecular flexibility index (Phi) is 4.84. The third-order valence-electron chi connectivity index (χ3n) is 5.08. The molecule has 0 amide bonds. The van der Waals surface area contributed by atoms with Crippen LogP contribution in [0.4, 0.5) is 0 Å². The standard InChI is InChI=1S/C20H26O/c1-5-20(6-2,17-12-8-7-9-13-17)19(21)18-14-10-11-15(3)16(18)4/h7-14,19,21H,5-6H2,1-4H3. The van der Waals surface area contributed by atoms with Gasteiger partial charge in [-0.15, -0.1) is 0 Å². The summed E-state index contributed by atoms with van der Waals surface area (Å²) in [6.07, 6.45) is 1.36. The molecule has 1 atom stereocenters. The third kappa shape index (κ3) is 2.75. The van der Waals surface area contributed by atoms with Crippen LogP contribution in [0, 0.1) is 13.8 Å². The number of hydrogen-bond donors (Lipinski definition) is 1. The molecule has 0 aliphatic carbocycles. The van der Waals surface area contributed by atoms with E-state index in [9.17, 15) is 5.11 Å². The lowest BCUT2D eigenvalue weighted by atomic mass is 9.69. The van der Waals surface area contributed by atoms with Gasteiger partial charge >= 0.3 is 0 Å². The van der Waals surface area contributed by atoms with Crippen molar-refractivity contribution in [3.8, 4) is 0 Å². The van der Waals surface area contributed by atoms with E-state index in [0.29, 0.717) is 0 Å². The zero-order valence-electron chi connectivity index (χ0n) is 13.6. The molecule has 2 aromatic rings. The number of aliphatic hydroxyl groups is 1. The van der Waals surface area contributed by atoms with Crippen LogP contribution in [-0.4, -0.2) is 5.11 Å². The number of rotatable bonds is 5. The van der Waals surface area contributed by atoms with Gasteiger partial charge in [-0.05, 0) is 48.9 Å². The Bertz CT molecular complexity index is 582. The highest BCUT2D eigenvalue weighted by Crippen LogP contribution is 2.44. The highest BCUT2D eigenvalue weighted by Gasteiger charge is 2.37. The summed E-state index contributed by atoms with van der Waals surface area (Å²) < 4.78 is 0. The van der Waals surface area contributed by atoms with Crippen molar-refractivity contribution < 1.29 is 5.11 Å². The average molecular weight is 282 g/mol. The Morgan fingerprint density at radius 1 is 0.905 bits per heavy atom. The van der Waals surface area contributed by atoms with Crippen molar-refractivity contribution in [2.24, 2.45) is 0 Å². The Balaban J connectivity index is 2.55. The van der Waals surface area contributed by atoms with E-state index in [4.69, 9.17) is 0 Å². The zero-order valence-corrected chi connectivity index (χ0v) is 13.6. The number of hydrogen-bond acceptors (Lipinski definition) is 1. The van der Waals surface area contributed by atoms with Gasteiger partial charge in [0.1, 0.15) is 0 Å². The minimum Gasteiger partial charge on any atom is -0.387 e. The van der Waals surface area contributed by atoms with Gasteiger partial charge in [0.15, 0.2) is 0 Å². The molecule has 0 saturated carbocycles. The van der Waals surface area contributed by atoms with Gasteiger partial charge in [-0.1, -0.05) is 62.4 Å². The van der Waals surface area contributed by atoms with Crippen molar-refractivity contribution in [3.63, 3.8) is 0 Å². The number of aryl methyl sites for hydroxylation is 1. The summed E-state index contributed by atoms with van der Waals surface area (Å²) in [6, 6.07) is 16.6. The smallest absolute Gasteiger partial charge is 0.0889 e. The maximum Gasteiger partial charge on any atom is 0.0889 e. The predicted molar refractivity (Wildman–Crippen MR) is 89.6 cm³/mol. The lowest BCUT2D eigenvalue weighted by Gasteiger charge is -2.38. The quantitative estimate of drug-likeness (QED) is 0.809. The monoisotopic (exact) mass is 282 g/mol. The first kappa shape index (κ1) is 15.8. The second kappa shape index (κ2) is 6.44. The predicted octanol–water partition coefficient (Wildman–Crippen LogP) is 5.09. The summed E-state index contributed by atoms with van der Waals surface area (Å²) in [5.41, 5.74) is 4.50. The summed E-state index contributed by atoms with van der Waals surface area (Å²) in [4.78, 5) is 0. The van der Waals surface area contributed by atoms with Crippen molar-refractivity contribution >= 4 is 0 Å². The van der Waals surface area contributed by atoms with E-state index in [1.807, 2.05) is 12.1 Å². The summed E-state index contributed by atoms with van der Waals surface area (Å²) in [6.45, 7) is 8.55. The SMILES string of the molecule is CCC(CC)(c1ccccc1)C(O)c1cccc(C)c1C. The topological polar surface area (TPSA) is 20.2 Å². The van der Waals surface area contributed by atoms with E-state index in [0.717, 1.165) is 18.4 Å². The van der Waals surface area contributed by atoms with Crippen LogP contribution in [0.3, 0.4) is 0 Å². The minimum absolute atomic E-state index is 0.222. The second-order valence-corrected chi connectivity index (χ2v) is 5.92. The second-order valence-electron chi connectivity index (χ2n) is 5.92. The van der Waals surface area contributed by atoms with Gasteiger partial charge in [0.05, 0.1) is 6.10 Å². The van der Waals surface area contributed by atoms with E-state index < -0.39 is 6.10 Å². The van der Waals surface area contributed by atoms with Crippen LogP contribution in [0.2, 0.25) is 0 Å². The molecule has 1 N–H and O–H groups in total. The van der Waals surface area contributed by atoms with Crippen molar-refractivity contribution in [2.45, 2.75) is 52.1 Å². The van der Waals surface area contributed by atoms with Gasteiger partial charge in [0.2, 0.25) is 0 Å². The molecule has 0 radical (unpaired) electrons. The first-order chi connectivity index (χ1) is 10.1. The molecule has 0 spiro atoms. The molecule has 2 rings (SSSR count). The zero-order chi connectivity index (χ0) is 15.5. The summed E-state index contributed by atoms with van der Waals surface area (Å²) in [5.74, 6) is 0. The number of aliphatic hydroxyl groups excluding tert-OH is 1. The van der Waals surface area contributed by atoms with Crippen LogP contribution in [0.25, 0.3) is 0 Å². The van der Waals surface area contributed by atoms with E-state index in [-0.39, 0.29) is 5.41 Å². The van der Waals surface area contributed by atoms with E-state index in [2.05, 4.69) is 64.1 Å². The van der Waals surface area contributed by atoms with Gasteiger partial charge in [-0.2, -0.15) is 0 Å². The van der Waals surface area contributed by atoms with Gasteiger partial charge in [-0.3, -0.25) is 0 Å². The molecule has 2 aromatic carbocycles.